The van der Waals surface area contributed by atoms with E-state index in [0.717, 1.165) is 4.90 Å². The Bertz CT molecular complexity index is 742. The molecular weight excluding hydrogens is 336 g/mol. The van der Waals surface area contributed by atoms with Crippen LogP contribution in [0.2, 0.25) is 0 Å². The van der Waals surface area contributed by atoms with E-state index in [9.17, 15) is 9.59 Å². The number of aromatic nitrogens is 1. The second-order valence-electron chi connectivity index (χ2n) is 7.39. The van der Waals surface area contributed by atoms with Crippen LogP contribution in [0.25, 0.3) is 5.70 Å². The van der Waals surface area contributed by atoms with Crippen molar-refractivity contribution in [1.82, 2.24) is 14.9 Å². The van der Waals surface area contributed by atoms with Gasteiger partial charge >= 0.3 is 6.09 Å². The van der Waals surface area contributed by atoms with E-state index in [1.165, 1.54) is 11.2 Å². The normalized spacial score (nSPS) is 21.0. The highest BCUT2D eigenvalue weighted by Gasteiger charge is 2.49. The number of hydrazine groups is 1. The van der Waals surface area contributed by atoms with E-state index in [1.807, 2.05) is 0 Å². The first-order valence-electron chi connectivity index (χ1n) is 8.23. The minimum absolute atomic E-state index is 0.209. The average molecular weight is 362 g/mol. The van der Waals surface area contributed by atoms with Crippen molar-refractivity contribution in [1.29, 1.82) is 0 Å². The summed E-state index contributed by atoms with van der Waals surface area (Å²) in [6.07, 6.45) is 2.62. The number of hydrogen-bond donors (Lipinski definition) is 3. The van der Waals surface area contributed by atoms with Crippen molar-refractivity contribution >= 4 is 23.5 Å². The Labute approximate surface area is 152 Å². The van der Waals surface area contributed by atoms with Crippen LogP contribution in [-0.4, -0.2) is 44.6 Å². The van der Waals surface area contributed by atoms with Crippen molar-refractivity contribution in [2.75, 3.05) is 12.3 Å². The molecule has 26 heavy (non-hydrogen) atoms. The van der Waals surface area contributed by atoms with Gasteiger partial charge in [-0.25, -0.2) is 20.5 Å². The van der Waals surface area contributed by atoms with Gasteiger partial charge in [0.1, 0.15) is 17.0 Å². The molecule has 0 aliphatic carbocycles. The maximum atomic E-state index is 12.8. The molecule has 1 aliphatic heterocycles. The minimum Gasteiger partial charge on any atom is -0.443 e. The minimum atomic E-state index is -1.13. The lowest BCUT2D eigenvalue weighted by atomic mass is 10.00. The topological polar surface area (TPSA) is 141 Å². The van der Waals surface area contributed by atoms with Gasteiger partial charge in [0.05, 0.1) is 5.70 Å². The molecule has 6 N–H and O–H groups in total. The molecule has 0 saturated carbocycles. The van der Waals surface area contributed by atoms with Gasteiger partial charge in [-0.3, -0.25) is 4.79 Å². The Kier molecular flexibility index (Phi) is 5.13. The molecule has 1 unspecified atom stereocenters. The van der Waals surface area contributed by atoms with Crippen LogP contribution in [0.1, 0.15) is 39.7 Å². The number of amides is 2. The summed E-state index contributed by atoms with van der Waals surface area (Å²) in [6, 6.07) is 3.40. The third-order valence-electron chi connectivity index (χ3n) is 4.14. The standard InChI is InChI=1S/C17H26N6O3/c1-16(2,3)26-15(25)22-9-7-17(4,14(22)24)23(20)10-12(18)11-6-5-8-21-13(11)19/h5-6,8,10H,7,9,18,20H2,1-4H3,(H2,19,21)/b12-10-. The van der Waals surface area contributed by atoms with Gasteiger partial charge in [-0.05, 0) is 46.2 Å². The lowest BCUT2D eigenvalue weighted by Gasteiger charge is -2.32. The number of nitrogens with two attached hydrogens (primary N) is 3. The number of ether oxygens (including phenoxy) is 1. The maximum absolute atomic E-state index is 12.8. The third-order valence-corrected chi connectivity index (χ3v) is 4.14. The lowest BCUT2D eigenvalue weighted by Crippen LogP contribution is -2.54. The van der Waals surface area contributed by atoms with Gasteiger partial charge in [0, 0.05) is 24.5 Å². The number of carbonyl (C=O) groups is 2. The first-order valence-corrected chi connectivity index (χ1v) is 8.23. The number of imide groups is 1. The van der Waals surface area contributed by atoms with Gasteiger partial charge in [0.15, 0.2) is 0 Å². The number of carbonyl (C=O) groups excluding carboxylic acids is 2. The van der Waals surface area contributed by atoms with Gasteiger partial charge in [0.25, 0.3) is 5.91 Å². The fraction of sp³-hybridized carbons (Fsp3) is 0.471. The van der Waals surface area contributed by atoms with Crippen LogP contribution in [0, 0.1) is 0 Å². The van der Waals surface area contributed by atoms with Crippen molar-refractivity contribution in [2.24, 2.45) is 11.6 Å². The molecule has 142 valence electrons. The number of rotatable bonds is 3. The van der Waals surface area contributed by atoms with Crippen LogP contribution < -0.4 is 17.3 Å². The van der Waals surface area contributed by atoms with Gasteiger partial charge in [-0.2, -0.15) is 0 Å². The zero-order chi connectivity index (χ0) is 19.7. The zero-order valence-corrected chi connectivity index (χ0v) is 15.5. The van der Waals surface area contributed by atoms with Crippen molar-refractivity contribution in [3.05, 3.63) is 30.1 Å². The van der Waals surface area contributed by atoms with Crippen LogP contribution in [0.3, 0.4) is 0 Å². The first kappa shape index (κ1) is 19.5. The predicted octanol–water partition coefficient (Wildman–Crippen LogP) is 1.02. The molecule has 0 aromatic carbocycles. The number of nitrogen functional groups attached to an aromatic ring is 1. The number of nitrogens with zero attached hydrogens (tertiary/aromatic N) is 3. The van der Waals surface area contributed by atoms with E-state index in [-0.39, 0.29) is 18.1 Å². The van der Waals surface area contributed by atoms with E-state index in [0.29, 0.717) is 12.0 Å². The van der Waals surface area contributed by atoms with Gasteiger partial charge in [0.2, 0.25) is 0 Å². The van der Waals surface area contributed by atoms with Crippen molar-refractivity contribution in [2.45, 2.75) is 45.3 Å². The highest BCUT2D eigenvalue weighted by Crippen LogP contribution is 2.29. The van der Waals surface area contributed by atoms with E-state index >= 15 is 0 Å². The molecule has 1 aromatic rings. The molecule has 2 rings (SSSR count). The summed E-state index contributed by atoms with van der Waals surface area (Å²) in [5, 5.41) is 1.21. The quantitative estimate of drug-likeness (QED) is 0.534. The van der Waals surface area contributed by atoms with Gasteiger partial charge in [-0.15, -0.1) is 0 Å². The molecule has 1 fully saturated rings. The molecule has 2 heterocycles. The monoisotopic (exact) mass is 362 g/mol. The maximum Gasteiger partial charge on any atom is 0.417 e. The van der Waals surface area contributed by atoms with E-state index in [2.05, 4.69) is 4.98 Å². The molecule has 0 bridgehead atoms. The first-order chi connectivity index (χ1) is 12.0. The molecular formula is C17H26N6O3. The smallest absolute Gasteiger partial charge is 0.417 e. The Morgan fingerprint density at radius 3 is 2.69 bits per heavy atom. The molecule has 1 saturated heterocycles. The SMILES string of the molecule is CC(C)(C)OC(=O)N1CCC(C)(N(N)/C=C(\N)c2cccnc2N)C1=O. The number of likely N-dealkylation sites (tertiary alicyclic amines) is 1. The lowest BCUT2D eigenvalue weighted by molar-refractivity contribution is -0.135. The fourth-order valence-corrected chi connectivity index (χ4v) is 2.58. The van der Waals surface area contributed by atoms with Crippen LogP contribution in [0.4, 0.5) is 10.6 Å². The predicted molar refractivity (Wildman–Crippen MR) is 97.8 cm³/mol. The molecule has 2 amide bonds. The summed E-state index contributed by atoms with van der Waals surface area (Å²) in [5.74, 6) is 5.91. The van der Waals surface area contributed by atoms with Crippen LogP contribution in [0.15, 0.2) is 24.5 Å². The number of pyridine rings is 1. The molecule has 0 radical (unpaired) electrons. The summed E-state index contributed by atoms with van der Waals surface area (Å²) < 4.78 is 5.27. The Morgan fingerprint density at radius 1 is 1.46 bits per heavy atom. The Hall–Kier alpha value is -2.81. The molecule has 1 atom stereocenters. The van der Waals surface area contributed by atoms with Crippen molar-refractivity contribution in [3.63, 3.8) is 0 Å². The summed E-state index contributed by atoms with van der Waals surface area (Å²) >= 11 is 0. The summed E-state index contributed by atoms with van der Waals surface area (Å²) in [7, 11) is 0. The molecule has 9 heteroatoms. The molecule has 9 nitrogen and oxygen atoms in total. The largest absolute Gasteiger partial charge is 0.443 e. The third kappa shape index (κ3) is 3.88. The summed E-state index contributed by atoms with van der Waals surface area (Å²) in [4.78, 5) is 30.0. The highest BCUT2D eigenvalue weighted by atomic mass is 16.6. The molecule has 1 aromatic heterocycles. The van der Waals surface area contributed by atoms with Gasteiger partial charge in [-0.1, -0.05) is 0 Å². The van der Waals surface area contributed by atoms with Crippen LogP contribution in [-0.2, 0) is 9.53 Å². The Balaban J connectivity index is 2.20. The highest BCUT2D eigenvalue weighted by molar-refractivity contribution is 5.99. The average Bonchev–Trinajstić information content (AvgIpc) is 2.83. The second kappa shape index (κ2) is 6.83. The van der Waals surface area contributed by atoms with Crippen molar-refractivity contribution < 1.29 is 14.3 Å². The van der Waals surface area contributed by atoms with Crippen LogP contribution in [0.5, 0.6) is 0 Å². The van der Waals surface area contributed by atoms with E-state index in [1.54, 1.807) is 46.0 Å². The zero-order valence-electron chi connectivity index (χ0n) is 15.5. The van der Waals surface area contributed by atoms with E-state index < -0.39 is 23.1 Å². The van der Waals surface area contributed by atoms with E-state index in [4.69, 9.17) is 22.0 Å². The fourth-order valence-electron chi connectivity index (χ4n) is 2.58. The number of anilines is 1. The molecule has 0 spiro atoms. The second-order valence-corrected chi connectivity index (χ2v) is 7.39. The summed E-state index contributed by atoms with van der Waals surface area (Å²) in [6.45, 7) is 7.07. The Morgan fingerprint density at radius 2 is 2.12 bits per heavy atom. The summed E-state index contributed by atoms with van der Waals surface area (Å²) in [5.41, 5.74) is 10.8. The van der Waals surface area contributed by atoms with Gasteiger partial charge < -0.3 is 21.2 Å². The molecule has 1 aliphatic rings. The van der Waals surface area contributed by atoms with Crippen LogP contribution >= 0.6 is 0 Å². The van der Waals surface area contributed by atoms with Crippen molar-refractivity contribution in [3.8, 4) is 0 Å². The number of hydrogen-bond acceptors (Lipinski definition) is 8.